The van der Waals surface area contributed by atoms with E-state index in [9.17, 15) is 39.9 Å². The standard InChI is InChI=1S/C18H18F8N2OS/c1-10-7-11(19)12(8-13(10)30-18(25,26)17(22,23)24)27-3-5-28(6-4-27)14(29)15(2)9-16(15,20)21/h7-8H,3-6,9H2,1-2H3. The molecule has 1 saturated heterocycles. The number of thioether (sulfide) groups is 1. The number of amides is 1. The largest absolute Gasteiger partial charge is 0.464 e. The molecule has 0 spiro atoms. The molecular formula is C18H18F8N2OS. The van der Waals surface area contributed by atoms with Crippen molar-refractivity contribution in [1.82, 2.24) is 4.90 Å². The van der Waals surface area contributed by atoms with Crippen molar-refractivity contribution in [2.45, 2.75) is 42.5 Å². The third-order valence-corrected chi connectivity index (χ3v) is 6.60. The predicted molar refractivity (Wildman–Crippen MR) is 94.5 cm³/mol. The Balaban J connectivity index is 1.74. The number of carbonyl (C=O) groups excluding carboxylic acids is 1. The zero-order valence-electron chi connectivity index (χ0n) is 15.9. The summed E-state index contributed by atoms with van der Waals surface area (Å²) >= 11 is -0.716. The minimum atomic E-state index is -5.77. The molecule has 2 aliphatic rings. The van der Waals surface area contributed by atoms with Crippen LogP contribution in [0.2, 0.25) is 0 Å². The maximum absolute atomic E-state index is 14.4. The van der Waals surface area contributed by atoms with Gasteiger partial charge in [0.2, 0.25) is 5.91 Å². The molecule has 1 heterocycles. The summed E-state index contributed by atoms with van der Waals surface area (Å²) < 4.78 is 106. The number of alkyl halides is 7. The predicted octanol–water partition coefficient (Wildman–Crippen LogP) is 5.08. The zero-order chi connectivity index (χ0) is 22.7. The molecule has 3 rings (SSSR count). The topological polar surface area (TPSA) is 23.6 Å². The summed E-state index contributed by atoms with van der Waals surface area (Å²) in [6.45, 7) is 2.43. The number of piperazine rings is 1. The van der Waals surface area contributed by atoms with Crippen LogP contribution in [-0.2, 0) is 4.79 Å². The van der Waals surface area contributed by atoms with E-state index in [0.717, 1.165) is 12.1 Å². The lowest BCUT2D eigenvalue weighted by Crippen LogP contribution is -2.51. The maximum Gasteiger partial charge on any atom is 0.464 e. The Bertz CT molecular complexity index is 851. The molecule has 1 aliphatic carbocycles. The highest BCUT2D eigenvalue weighted by Crippen LogP contribution is 2.61. The minimum absolute atomic E-state index is 0.000985. The first-order chi connectivity index (χ1) is 13.6. The van der Waals surface area contributed by atoms with Gasteiger partial charge in [-0.25, -0.2) is 13.2 Å². The van der Waals surface area contributed by atoms with Crippen molar-refractivity contribution >= 4 is 23.4 Å². The third-order valence-electron chi connectivity index (χ3n) is 5.45. The van der Waals surface area contributed by atoms with Gasteiger partial charge in [-0.05, 0) is 43.3 Å². The molecule has 1 aliphatic heterocycles. The molecule has 2 fully saturated rings. The van der Waals surface area contributed by atoms with Gasteiger partial charge in [0.05, 0.1) is 5.69 Å². The second kappa shape index (κ2) is 7.16. The van der Waals surface area contributed by atoms with Crippen LogP contribution in [0.15, 0.2) is 17.0 Å². The summed E-state index contributed by atoms with van der Waals surface area (Å²) in [6.07, 6.45) is -6.31. The van der Waals surface area contributed by atoms with Crippen molar-refractivity contribution in [1.29, 1.82) is 0 Å². The minimum Gasteiger partial charge on any atom is -0.366 e. The quantitative estimate of drug-likeness (QED) is 0.461. The fourth-order valence-corrected chi connectivity index (χ4v) is 4.10. The van der Waals surface area contributed by atoms with Crippen molar-refractivity contribution in [2.75, 3.05) is 31.1 Å². The van der Waals surface area contributed by atoms with Crippen molar-refractivity contribution in [2.24, 2.45) is 5.41 Å². The van der Waals surface area contributed by atoms with Crippen molar-refractivity contribution in [3.63, 3.8) is 0 Å². The van der Waals surface area contributed by atoms with Crippen LogP contribution in [0.5, 0.6) is 0 Å². The smallest absolute Gasteiger partial charge is 0.366 e. The fraction of sp³-hybridized carbons (Fsp3) is 0.611. The molecule has 12 heteroatoms. The Hall–Kier alpha value is -1.72. The highest BCUT2D eigenvalue weighted by atomic mass is 32.2. The van der Waals surface area contributed by atoms with Gasteiger partial charge in [0.25, 0.3) is 5.92 Å². The number of aryl methyl sites for hydroxylation is 1. The Labute approximate surface area is 171 Å². The fourth-order valence-electron chi connectivity index (χ4n) is 3.32. The highest BCUT2D eigenvalue weighted by molar-refractivity contribution is 8.00. The van der Waals surface area contributed by atoms with Gasteiger partial charge in [0.15, 0.2) is 0 Å². The summed E-state index contributed by atoms with van der Waals surface area (Å²) in [5.74, 6) is -4.59. The van der Waals surface area contributed by atoms with E-state index >= 15 is 0 Å². The summed E-state index contributed by atoms with van der Waals surface area (Å²) in [4.78, 5) is 14.5. The first-order valence-electron chi connectivity index (χ1n) is 8.95. The molecule has 3 nitrogen and oxygen atoms in total. The normalized spacial score (nSPS) is 24.2. The van der Waals surface area contributed by atoms with Crippen molar-refractivity contribution < 1.29 is 39.9 Å². The number of hydrogen-bond acceptors (Lipinski definition) is 3. The summed E-state index contributed by atoms with van der Waals surface area (Å²) in [7, 11) is 0. The van der Waals surface area contributed by atoms with E-state index in [0.29, 0.717) is 0 Å². The number of nitrogens with zero attached hydrogens (tertiary/aromatic N) is 2. The summed E-state index contributed by atoms with van der Waals surface area (Å²) in [6, 6.07) is 1.79. The number of carbonyl (C=O) groups is 1. The molecule has 1 unspecified atom stereocenters. The van der Waals surface area contributed by atoms with E-state index in [-0.39, 0.29) is 37.4 Å². The average molecular weight is 462 g/mol. The van der Waals surface area contributed by atoms with Crippen LogP contribution in [0, 0.1) is 18.2 Å². The highest BCUT2D eigenvalue weighted by Gasteiger charge is 2.73. The maximum atomic E-state index is 14.4. The van der Waals surface area contributed by atoms with Crippen LogP contribution < -0.4 is 4.90 Å². The SMILES string of the molecule is Cc1cc(F)c(N2CCN(C(=O)C3(C)CC3(F)F)CC2)cc1SC(F)(F)C(F)(F)F. The molecule has 1 amide bonds. The molecular weight excluding hydrogens is 444 g/mol. The number of benzene rings is 1. The number of anilines is 1. The first kappa shape index (κ1) is 23.0. The summed E-state index contributed by atoms with van der Waals surface area (Å²) in [5.41, 5.74) is -2.02. The van der Waals surface area contributed by atoms with E-state index in [1.165, 1.54) is 23.6 Å². The molecule has 1 aromatic rings. The Morgan fingerprint density at radius 2 is 1.60 bits per heavy atom. The first-order valence-corrected chi connectivity index (χ1v) is 9.76. The van der Waals surface area contributed by atoms with Gasteiger partial charge in [-0.15, -0.1) is 0 Å². The van der Waals surface area contributed by atoms with E-state index in [4.69, 9.17) is 0 Å². The molecule has 0 radical (unpaired) electrons. The van der Waals surface area contributed by atoms with E-state index in [2.05, 4.69) is 0 Å². The molecule has 168 valence electrons. The molecule has 1 aromatic carbocycles. The molecule has 30 heavy (non-hydrogen) atoms. The number of rotatable bonds is 4. The Morgan fingerprint density at radius 1 is 1.07 bits per heavy atom. The number of halogens is 8. The second-order valence-electron chi connectivity index (χ2n) is 7.68. The zero-order valence-corrected chi connectivity index (χ0v) is 16.7. The van der Waals surface area contributed by atoms with E-state index in [1.807, 2.05) is 0 Å². The second-order valence-corrected chi connectivity index (χ2v) is 8.83. The molecule has 0 aromatic heterocycles. The van der Waals surface area contributed by atoms with Gasteiger partial charge < -0.3 is 9.80 Å². The van der Waals surface area contributed by atoms with Crippen LogP contribution in [0.4, 0.5) is 40.8 Å². The van der Waals surface area contributed by atoms with Gasteiger partial charge in [0.1, 0.15) is 11.2 Å². The van der Waals surface area contributed by atoms with Crippen LogP contribution in [-0.4, -0.2) is 54.3 Å². The van der Waals surface area contributed by atoms with Crippen LogP contribution in [0.1, 0.15) is 18.9 Å². The Kier molecular flexibility index (Phi) is 5.48. The lowest BCUT2D eigenvalue weighted by atomic mass is 10.1. The van der Waals surface area contributed by atoms with Crippen LogP contribution in [0.3, 0.4) is 0 Å². The average Bonchev–Trinajstić information content (AvgIpc) is 3.15. The van der Waals surface area contributed by atoms with Gasteiger partial charge in [-0.3, -0.25) is 4.79 Å². The number of hydrogen-bond donors (Lipinski definition) is 0. The van der Waals surface area contributed by atoms with Gasteiger partial charge in [-0.2, -0.15) is 22.0 Å². The lowest BCUT2D eigenvalue weighted by molar-refractivity contribution is -0.237. The molecule has 0 N–H and O–H groups in total. The van der Waals surface area contributed by atoms with E-state index in [1.54, 1.807) is 0 Å². The van der Waals surface area contributed by atoms with Crippen LogP contribution in [0.25, 0.3) is 0 Å². The van der Waals surface area contributed by atoms with Crippen molar-refractivity contribution in [3.05, 3.63) is 23.5 Å². The Morgan fingerprint density at radius 3 is 2.07 bits per heavy atom. The third kappa shape index (κ3) is 3.94. The van der Waals surface area contributed by atoms with Gasteiger partial charge in [-0.1, -0.05) is 0 Å². The molecule has 0 bridgehead atoms. The summed E-state index contributed by atoms with van der Waals surface area (Å²) in [5, 5.41) is -5.05. The molecule has 1 saturated carbocycles. The lowest BCUT2D eigenvalue weighted by Gasteiger charge is -2.37. The van der Waals surface area contributed by atoms with Gasteiger partial charge in [0, 0.05) is 37.5 Å². The van der Waals surface area contributed by atoms with Crippen molar-refractivity contribution in [3.8, 4) is 0 Å². The van der Waals surface area contributed by atoms with Gasteiger partial charge >= 0.3 is 11.4 Å². The molecule has 1 atom stereocenters. The van der Waals surface area contributed by atoms with Crippen LogP contribution >= 0.6 is 11.8 Å². The monoisotopic (exact) mass is 462 g/mol. The van der Waals surface area contributed by atoms with E-state index < -0.39 is 57.6 Å².